The Bertz CT molecular complexity index is 385. The van der Waals surface area contributed by atoms with Gasteiger partial charge in [0.25, 0.3) is 0 Å². The molecule has 0 spiro atoms. The number of rotatable bonds is 2. The molecule has 1 aromatic carbocycles. The van der Waals surface area contributed by atoms with E-state index in [0.717, 1.165) is 12.1 Å². The number of carboxylic acids is 1. The third-order valence-corrected chi connectivity index (χ3v) is 1.75. The van der Waals surface area contributed by atoms with E-state index in [-0.39, 0.29) is 5.75 Å². The molecule has 0 saturated heterocycles. The van der Waals surface area contributed by atoms with Gasteiger partial charge in [-0.3, -0.25) is 0 Å². The molecule has 0 aromatic heterocycles. The standard InChI is InChI=1S/C9H7F3O3/c1-15-5-2-3-7(9(10,11)12)6(4-5)8(13)14/h2-4H,1H3,(H,13,14)/p-1. The number of methoxy groups -OCH3 is 1. The maximum absolute atomic E-state index is 12.3. The second-order valence-corrected chi connectivity index (χ2v) is 2.70. The van der Waals surface area contributed by atoms with Crippen LogP contribution in [0.4, 0.5) is 13.2 Å². The first-order valence-electron chi connectivity index (χ1n) is 3.83. The van der Waals surface area contributed by atoms with Crippen LogP contribution in [0.15, 0.2) is 18.2 Å². The molecular weight excluding hydrogens is 213 g/mol. The number of halogens is 3. The van der Waals surface area contributed by atoms with Gasteiger partial charge in [0.15, 0.2) is 0 Å². The van der Waals surface area contributed by atoms with Crippen molar-refractivity contribution in [3.05, 3.63) is 29.3 Å². The number of alkyl halides is 3. The van der Waals surface area contributed by atoms with Gasteiger partial charge < -0.3 is 14.6 Å². The summed E-state index contributed by atoms with van der Waals surface area (Å²) in [4.78, 5) is 10.5. The Labute approximate surface area is 83.1 Å². The third kappa shape index (κ3) is 2.39. The molecule has 1 aromatic rings. The average molecular weight is 219 g/mol. The molecule has 0 atom stereocenters. The first-order valence-corrected chi connectivity index (χ1v) is 3.83. The van der Waals surface area contributed by atoms with E-state index in [2.05, 4.69) is 4.74 Å². The van der Waals surface area contributed by atoms with Gasteiger partial charge in [0.05, 0.1) is 18.6 Å². The zero-order valence-corrected chi connectivity index (χ0v) is 7.59. The van der Waals surface area contributed by atoms with E-state index < -0.39 is 23.3 Å². The van der Waals surface area contributed by atoms with Crippen LogP contribution < -0.4 is 9.84 Å². The van der Waals surface area contributed by atoms with Gasteiger partial charge in [-0.25, -0.2) is 0 Å². The predicted octanol–water partition coefficient (Wildman–Crippen LogP) is 1.08. The Kier molecular flexibility index (Phi) is 2.88. The lowest BCUT2D eigenvalue weighted by atomic mass is 10.1. The minimum Gasteiger partial charge on any atom is -0.545 e. The maximum atomic E-state index is 12.3. The average Bonchev–Trinajstić information content (AvgIpc) is 2.15. The summed E-state index contributed by atoms with van der Waals surface area (Å²) in [5, 5.41) is 10.5. The van der Waals surface area contributed by atoms with Gasteiger partial charge in [-0.05, 0) is 18.2 Å². The van der Waals surface area contributed by atoms with Gasteiger partial charge in [-0.1, -0.05) is 0 Å². The van der Waals surface area contributed by atoms with Crippen molar-refractivity contribution in [2.45, 2.75) is 6.18 Å². The highest BCUT2D eigenvalue weighted by molar-refractivity contribution is 5.88. The van der Waals surface area contributed by atoms with E-state index in [1.807, 2.05) is 0 Å². The predicted molar refractivity (Wildman–Crippen MR) is 42.3 cm³/mol. The Morgan fingerprint density at radius 3 is 2.40 bits per heavy atom. The topological polar surface area (TPSA) is 49.4 Å². The van der Waals surface area contributed by atoms with Crippen LogP contribution >= 0.6 is 0 Å². The molecule has 0 unspecified atom stereocenters. The van der Waals surface area contributed by atoms with Crippen molar-refractivity contribution >= 4 is 5.97 Å². The second kappa shape index (κ2) is 3.80. The van der Waals surface area contributed by atoms with Crippen molar-refractivity contribution in [2.75, 3.05) is 7.11 Å². The summed E-state index contributed by atoms with van der Waals surface area (Å²) in [6.45, 7) is 0. The summed E-state index contributed by atoms with van der Waals surface area (Å²) in [6, 6.07) is 2.46. The van der Waals surface area contributed by atoms with Crippen molar-refractivity contribution in [1.82, 2.24) is 0 Å². The van der Waals surface area contributed by atoms with E-state index in [9.17, 15) is 23.1 Å². The van der Waals surface area contributed by atoms with E-state index in [4.69, 9.17) is 0 Å². The molecule has 0 N–H and O–H groups in total. The molecule has 0 fully saturated rings. The molecule has 0 amide bonds. The van der Waals surface area contributed by atoms with Crippen LogP contribution in [0, 0.1) is 0 Å². The fourth-order valence-electron chi connectivity index (χ4n) is 1.07. The fourth-order valence-corrected chi connectivity index (χ4v) is 1.07. The van der Waals surface area contributed by atoms with Crippen molar-refractivity contribution < 1.29 is 27.8 Å². The normalized spacial score (nSPS) is 11.2. The van der Waals surface area contributed by atoms with Crippen molar-refractivity contribution in [2.24, 2.45) is 0 Å². The first kappa shape index (κ1) is 11.4. The third-order valence-electron chi connectivity index (χ3n) is 1.75. The second-order valence-electron chi connectivity index (χ2n) is 2.70. The number of carboxylic acid groups (broad SMARTS) is 1. The molecule has 82 valence electrons. The molecule has 6 heteroatoms. The van der Waals surface area contributed by atoms with E-state index >= 15 is 0 Å². The summed E-state index contributed by atoms with van der Waals surface area (Å²) >= 11 is 0. The first-order chi connectivity index (χ1) is 6.86. The number of aromatic carboxylic acids is 1. The van der Waals surface area contributed by atoms with E-state index in [1.165, 1.54) is 7.11 Å². The largest absolute Gasteiger partial charge is 0.545 e. The molecule has 0 aliphatic rings. The van der Waals surface area contributed by atoms with E-state index in [1.54, 1.807) is 0 Å². The fraction of sp³-hybridized carbons (Fsp3) is 0.222. The highest BCUT2D eigenvalue weighted by Gasteiger charge is 2.33. The number of carbonyl (C=O) groups is 1. The lowest BCUT2D eigenvalue weighted by Crippen LogP contribution is -2.26. The molecule has 0 radical (unpaired) electrons. The molecule has 0 bridgehead atoms. The van der Waals surface area contributed by atoms with Crippen LogP contribution in [0.3, 0.4) is 0 Å². The summed E-state index contributed by atoms with van der Waals surface area (Å²) < 4.78 is 41.6. The van der Waals surface area contributed by atoms with Crippen LogP contribution in [0.1, 0.15) is 15.9 Å². The molecule has 15 heavy (non-hydrogen) atoms. The van der Waals surface area contributed by atoms with Crippen LogP contribution in [-0.2, 0) is 6.18 Å². The van der Waals surface area contributed by atoms with Gasteiger partial charge in [-0.15, -0.1) is 0 Å². The van der Waals surface area contributed by atoms with Crippen molar-refractivity contribution in [3.63, 3.8) is 0 Å². The highest BCUT2D eigenvalue weighted by Crippen LogP contribution is 2.33. The summed E-state index contributed by atoms with van der Waals surface area (Å²) in [5.74, 6) is -1.86. The lowest BCUT2D eigenvalue weighted by Gasteiger charge is -2.14. The quantitative estimate of drug-likeness (QED) is 0.747. The molecule has 0 aliphatic heterocycles. The molecule has 0 heterocycles. The summed E-state index contributed by atoms with van der Waals surface area (Å²) in [6.07, 6.45) is -4.72. The van der Waals surface area contributed by atoms with Gasteiger partial charge in [0, 0.05) is 5.56 Å². The number of carbonyl (C=O) groups excluding carboxylic acids is 1. The molecule has 3 nitrogen and oxygen atoms in total. The SMILES string of the molecule is COc1ccc(C(F)(F)F)c(C(=O)[O-])c1. The minimum atomic E-state index is -4.72. The highest BCUT2D eigenvalue weighted by atomic mass is 19.4. The summed E-state index contributed by atoms with van der Waals surface area (Å²) in [5.41, 5.74) is -2.18. The summed E-state index contributed by atoms with van der Waals surface area (Å²) in [7, 11) is 1.22. The van der Waals surface area contributed by atoms with Gasteiger partial charge in [0.2, 0.25) is 0 Å². The van der Waals surface area contributed by atoms with Crippen LogP contribution in [-0.4, -0.2) is 13.1 Å². The van der Waals surface area contributed by atoms with Crippen molar-refractivity contribution in [1.29, 1.82) is 0 Å². The zero-order valence-electron chi connectivity index (χ0n) is 7.59. The lowest BCUT2D eigenvalue weighted by molar-refractivity contribution is -0.255. The van der Waals surface area contributed by atoms with E-state index in [0.29, 0.717) is 6.07 Å². The Morgan fingerprint density at radius 1 is 1.40 bits per heavy atom. The Hall–Kier alpha value is -1.72. The Morgan fingerprint density at radius 2 is 2.00 bits per heavy atom. The van der Waals surface area contributed by atoms with Crippen LogP contribution in [0.2, 0.25) is 0 Å². The minimum absolute atomic E-state index is 0.0298. The molecule has 0 saturated carbocycles. The number of ether oxygens (including phenoxy) is 1. The number of hydrogen-bond acceptors (Lipinski definition) is 3. The number of benzene rings is 1. The van der Waals surface area contributed by atoms with Crippen molar-refractivity contribution in [3.8, 4) is 5.75 Å². The van der Waals surface area contributed by atoms with Crippen LogP contribution in [0.5, 0.6) is 5.75 Å². The molecule has 1 rings (SSSR count). The maximum Gasteiger partial charge on any atom is 0.417 e. The molecular formula is C9H6F3O3-. The van der Waals surface area contributed by atoms with Gasteiger partial charge >= 0.3 is 6.18 Å². The zero-order chi connectivity index (χ0) is 11.6. The van der Waals surface area contributed by atoms with Gasteiger partial charge in [0.1, 0.15) is 5.75 Å². The smallest absolute Gasteiger partial charge is 0.417 e. The molecule has 0 aliphatic carbocycles. The van der Waals surface area contributed by atoms with Crippen LogP contribution in [0.25, 0.3) is 0 Å². The number of hydrogen-bond donors (Lipinski definition) is 0. The monoisotopic (exact) mass is 219 g/mol. The van der Waals surface area contributed by atoms with Gasteiger partial charge in [-0.2, -0.15) is 13.2 Å². The Balaban J connectivity index is 3.34.